The van der Waals surface area contributed by atoms with Crippen molar-refractivity contribution in [3.8, 4) is 0 Å². The topological polar surface area (TPSA) is 24.5 Å². The first-order valence-corrected chi connectivity index (χ1v) is 6.49. The van der Waals surface area contributed by atoms with Gasteiger partial charge < -0.3 is 15.0 Å². The fourth-order valence-corrected chi connectivity index (χ4v) is 2.29. The lowest BCUT2D eigenvalue weighted by Gasteiger charge is -2.27. The van der Waals surface area contributed by atoms with E-state index in [1.54, 1.807) is 19.2 Å². The van der Waals surface area contributed by atoms with Gasteiger partial charge in [0, 0.05) is 39.8 Å². The fraction of sp³-hybridized carbons (Fsp3) is 0.571. The third kappa shape index (κ3) is 3.77. The highest BCUT2D eigenvalue weighted by atomic mass is 19.1. The second-order valence-electron chi connectivity index (χ2n) is 4.70. The van der Waals surface area contributed by atoms with Crippen molar-refractivity contribution in [1.82, 2.24) is 10.2 Å². The lowest BCUT2D eigenvalue weighted by Crippen LogP contribution is -2.44. The van der Waals surface area contributed by atoms with Crippen LogP contribution in [0.4, 0.5) is 4.39 Å². The summed E-state index contributed by atoms with van der Waals surface area (Å²) in [6, 6.07) is 5.25. The minimum Gasteiger partial charge on any atom is -0.380 e. The van der Waals surface area contributed by atoms with Gasteiger partial charge in [-0.25, -0.2) is 4.39 Å². The summed E-state index contributed by atoms with van der Waals surface area (Å²) in [4.78, 5) is 2.37. The van der Waals surface area contributed by atoms with Crippen molar-refractivity contribution in [3.63, 3.8) is 0 Å². The molecule has 0 aromatic heterocycles. The van der Waals surface area contributed by atoms with Gasteiger partial charge in [-0.05, 0) is 23.6 Å². The Morgan fingerprint density at radius 3 is 2.83 bits per heavy atom. The van der Waals surface area contributed by atoms with E-state index >= 15 is 0 Å². The van der Waals surface area contributed by atoms with Crippen LogP contribution >= 0.6 is 0 Å². The number of hydrogen-bond acceptors (Lipinski definition) is 3. The minimum absolute atomic E-state index is 0.106. The average Bonchev–Trinajstić information content (AvgIpc) is 2.41. The molecular weight excluding hydrogens is 231 g/mol. The fourth-order valence-electron chi connectivity index (χ4n) is 2.29. The Labute approximate surface area is 108 Å². The highest BCUT2D eigenvalue weighted by Crippen LogP contribution is 2.13. The number of hydrogen-bond donors (Lipinski definition) is 1. The zero-order chi connectivity index (χ0) is 12.8. The van der Waals surface area contributed by atoms with Crippen LogP contribution in [0.25, 0.3) is 0 Å². The van der Waals surface area contributed by atoms with Crippen molar-refractivity contribution in [2.45, 2.75) is 13.0 Å². The van der Waals surface area contributed by atoms with Crippen molar-refractivity contribution in [2.24, 2.45) is 0 Å². The molecule has 1 aromatic rings. The molecule has 0 atom stereocenters. The highest BCUT2D eigenvalue weighted by Gasteiger charge is 2.11. The molecule has 0 radical (unpaired) electrons. The van der Waals surface area contributed by atoms with Crippen molar-refractivity contribution in [3.05, 3.63) is 35.1 Å². The average molecular weight is 252 g/mol. The van der Waals surface area contributed by atoms with Crippen LogP contribution in [0.1, 0.15) is 11.1 Å². The van der Waals surface area contributed by atoms with E-state index in [9.17, 15) is 4.39 Å². The molecule has 1 heterocycles. The highest BCUT2D eigenvalue weighted by molar-refractivity contribution is 5.25. The molecule has 18 heavy (non-hydrogen) atoms. The standard InChI is InChI=1S/C14H21FN2O/c1-18-11-12-2-3-14(15)13(10-12)4-7-17-8-5-16-6-9-17/h2-3,10,16H,4-9,11H2,1H3. The zero-order valence-electron chi connectivity index (χ0n) is 10.9. The van der Waals surface area contributed by atoms with Crippen molar-refractivity contribution < 1.29 is 9.13 Å². The molecular formula is C14H21FN2O. The van der Waals surface area contributed by atoms with Gasteiger partial charge in [0.05, 0.1) is 6.61 Å². The third-order valence-electron chi connectivity index (χ3n) is 3.33. The SMILES string of the molecule is COCc1ccc(F)c(CCN2CCNCC2)c1. The molecule has 3 nitrogen and oxygen atoms in total. The van der Waals surface area contributed by atoms with Gasteiger partial charge >= 0.3 is 0 Å². The predicted octanol–water partition coefficient (Wildman–Crippen LogP) is 1.42. The molecule has 0 spiro atoms. The monoisotopic (exact) mass is 252 g/mol. The van der Waals surface area contributed by atoms with E-state index in [0.29, 0.717) is 6.61 Å². The number of methoxy groups -OCH3 is 1. The Balaban J connectivity index is 1.92. The zero-order valence-corrected chi connectivity index (χ0v) is 10.9. The lowest BCUT2D eigenvalue weighted by molar-refractivity contribution is 0.184. The van der Waals surface area contributed by atoms with Gasteiger partial charge in [-0.15, -0.1) is 0 Å². The normalized spacial score (nSPS) is 17.0. The van der Waals surface area contributed by atoms with Crippen molar-refractivity contribution in [1.29, 1.82) is 0 Å². The molecule has 1 aliphatic rings. The van der Waals surface area contributed by atoms with Gasteiger partial charge in [-0.3, -0.25) is 0 Å². The maximum Gasteiger partial charge on any atom is 0.126 e. The number of nitrogens with one attached hydrogen (secondary N) is 1. The van der Waals surface area contributed by atoms with E-state index in [4.69, 9.17) is 4.74 Å². The van der Waals surface area contributed by atoms with E-state index in [-0.39, 0.29) is 5.82 Å². The number of nitrogens with zero attached hydrogens (tertiary/aromatic N) is 1. The summed E-state index contributed by atoms with van der Waals surface area (Å²) in [5.41, 5.74) is 1.83. The molecule has 1 N–H and O–H groups in total. The van der Waals surface area contributed by atoms with E-state index < -0.39 is 0 Å². The summed E-state index contributed by atoms with van der Waals surface area (Å²) in [6.07, 6.45) is 0.767. The van der Waals surface area contributed by atoms with Crippen LogP contribution in [0.15, 0.2) is 18.2 Å². The van der Waals surface area contributed by atoms with Crippen LogP contribution in [0.3, 0.4) is 0 Å². The largest absolute Gasteiger partial charge is 0.380 e. The van der Waals surface area contributed by atoms with Crippen LogP contribution < -0.4 is 5.32 Å². The smallest absolute Gasteiger partial charge is 0.126 e. The summed E-state index contributed by atoms with van der Waals surface area (Å²) in [5, 5.41) is 3.32. The second-order valence-corrected chi connectivity index (χ2v) is 4.70. The molecule has 4 heteroatoms. The van der Waals surface area contributed by atoms with E-state index in [1.165, 1.54) is 0 Å². The molecule has 100 valence electrons. The van der Waals surface area contributed by atoms with Gasteiger partial charge in [0.1, 0.15) is 5.82 Å². The van der Waals surface area contributed by atoms with Crippen LogP contribution in [0.2, 0.25) is 0 Å². The summed E-state index contributed by atoms with van der Waals surface area (Å²) < 4.78 is 18.8. The lowest BCUT2D eigenvalue weighted by atomic mass is 10.1. The first-order chi connectivity index (χ1) is 8.79. The first kappa shape index (κ1) is 13.5. The molecule has 1 fully saturated rings. The first-order valence-electron chi connectivity index (χ1n) is 6.49. The molecule has 0 unspecified atom stereocenters. The van der Waals surface area contributed by atoms with Crippen LogP contribution in [0.5, 0.6) is 0 Å². The molecule has 1 aliphatic heterocycles. The number of rotatable bonds is 5. The van der Waals surface area contributed by atoms with Crippen molar-refractivity contribution >= 4 is 0 Å². The van der Waals surface area contributed by atoms with E-state index in [2.05, 4.69) is 10.2 Å². The number of benzene rings is 1. The molecule has 0 amide bonds. The van der Waals surface area contributed by atoms with Crippen LogP contribution in [-0.2, 0) is 17.8 Å². The molecule has 0 bridgehead atoms. The molecule has 2 rings (SSSR count). The number of halogens is 1. The number of ether oxygens (including phenoxy) is 1. The summed E-state index contributed by atoms with van der Waals surface area (Å²) >= 11 is 0. The van der Waals surface area contributed by atoms with Crippen LogP contribution in [-0.4, -0.2) is 44.7 Å². The summed E-state index contributed by atoms with van der Waals surface area (Å²) in [6.45, 7) is 5.65. The molecule has 1 saturated heterocycles. The molecule has 0 aliphatic carbocycles. The molecule has 1 aromatic carbocycles. The summed E-state index contributed by atoms with van der Waals surface area (Å²) in [5.74, 6) is -0.106. The van der Waals surface area contributed by atoms with Gasteiger partial charge in [-0.1, -0.05) is 12.1 Å². The van der Waals surface area contributed by atoms with Gasteiger partial charge in [0.2, 0.25) is 0 Å². The van der Waals surface area contributed by atoms with E-state index in [1.807, 2.05) is 6.07 Å². The minimum atomic E-state index is -0.106. The maximum absolute atomic E-state index is 13.7. The maximum atomic E-state index is 13.7. The number of piperazine rings is 1. The summed E-state index contributed by atoms with van der Waals surface area (Å²) in [7, 11) is 1.66. The Morgan fingerprint density at radius 1 is 1.33 bits per heavy atom. The Bertz CT molecular complexity index is 378. The second kappa shape index (κ2) is 6.83. The van der Waals surface area contributed by atoms with Gasteiger partial charge in [0.25, 0.3) is 0 Å². The third-order valence-corrected chi connectivity index (χ3v) is 3.33. The van der Waals surface area contributed by atoms with Crippen molar-refractivity contribution in [2.75, 3.05) is 39.8 Å². The van der Waals surface area contributed by atoms with Crippen LogP contribution in [0, 0.1) is 5.82 Å². The van der Waals surface area contributed by atoms with Gasteiger partial charge in [0.15, 0.2) is 0 Å². The quantitative estimate of drug-likeness (QED) is 0.858. The van der Waals surface area contributed by atoms with Gasteiger partial charge in [-0.2, -0.15) is 0 Å². The predicted molar refractivity (Wildman–Crippen MR) is 70.1 cm³/mol. The Morgan fingerprint density at radius 2 is 2.11 bits per heavy atom. The molecule has 0 saturated carbocycles. The Kier molecular flexibility index (Phi) is 5.11. The Hall–Kier alpha value is -0.970. The van der Waals surface area contributed by atoms with E-state index in [0.717, 1.165) is 50.3 Å².